The Labute approximate surface area is 178 Å². The summed E-state index contributed by atoms with van der Waals surface area (Å²) in [6.07, 6.45) is -3.58. The first-order valence-electron chi connectivity index (χ1n) is 9.05. The van der Waals surface area contributed by atoms with Crippen molar-refractivity contribution in [1.29, 1.82) is 0 Å². The Morgan fingerprint density at radius 3 is 2.74 bits per heavy atom. The van der Waals surface area contributed by atoms with E-state index in [0.717, 1.165) is 0 Å². The molecule has 0 bridgehead atoms. The lowest BCUT2D eigenvalue weighted by Crippen LogP contribution is -2.38. The number of aromatic nitrogens is 1. The van der Waals surface area contributed by atoms with Crippen LogP contribution in [0.3, 0.4) is 0 Å². The predicted octanol–water partition coefficient (Wildman–Crippen LogP) is 3.08. The van der Waals surface area contributed by atoms with Crippen molar-refractivity contribution in [3.05, 3.63) is 46.5 Å². The van der Waals surface area contributed by atoms with Gasteiger partial charge in [0, 0.05) is 30.6 Å². The lowest BCUT2D eigenvalue weighted by Gasteiger charge is -2.26. The molecule has 1 N–H and O–H groups in total. The molecule has 2 atom stereocenters. The first kappa shape index (κ1) is 22.9. The number of fused-ring (bicyclic) bond motifs is 1. The van der Waals surface area contributed by atoms with Crippen LogP contribution in [0.4, 0.5) is 17.6 Å². The molecule has 31 heavy (non-hydrogen) atoms. The molecule has 1 amide bonds. The standard InChI is InChI=1S/C17H17FN2O3S.C2HF3O2/c18-14-2-1-4-19-15(14)23-11-17-9-20(6-13(17)7-22-10-17)16(21)12-3-5-24-8-12;3-2(4,5)1(6)7/h1-5,8,13H,6-7,9-11H2;(H,6,7)/t13-,17+;/m1./s1. The van der Waals surface area contributed by atoms with Crippen LogP contribution in [0.1, 0.15) is 10.4 Å². The van der Waals surface area contributed by atoms with Crippen molar-refractivity contribution in [2.24, 2.45) is 11.3 Å². The highest BCUT2D eigenvalue weighted by molar-refractivity contribution is 7.08. The minimum absolute atomic E-state index is 0.000126. The molecule has 0 unspecified atom stereocenters. The third kappa shape index (κ3) is 5.31. The van der Waals surface area contributed by atoms with Gasteiger partial charge < -0.3 is 19.5 Å². The summed E-state index contributed by atoms with van der Waals surface area (Å²) in [6.45, 7) is 2.60. The average molecular weight is 462 g/mol. The second-order valence-corrected chi connectivity index (χ2v) is 7.93. The number of carbonyl (C=O) groups excluding carboxylic acids is 1. The third-order valence-corrected chi connectivity index (χ3v) is 5.72. The number of thiophene rings is 1. The average Bonchev–Trinajstić information content (AvgIpc) is 3.43. The largest absolute Gasteiger partial charge is 0.490 e. The van der Waals surface area contributed by atoms with Crippen LogP contribution in [-0.4, -0.2) is 66.0 Å². The first-order chi connectivity index (χ1) is 14.6. The Balaban J connectivity index is 0.000000339. The van der Waals surface area contributed by atoms with Crippen molar-refractivity contribution in [2.75, 3.05) is 32.9 Å². The minimum atomic E-state index is -5.08. The third-order valence-electron chi connectivity index (χ3n) is 5.04. The van der Waals surface area contributed by atoms with Gasteiger partial charge in [0.25, 0.3) is 5.91 Å². The number of carboxylic acids is 1. The van der Waals surface area contributed by atoms with Gasteiger partial charge in [0.1, 0.15) is 0 Å². The molecule has 0 aliphatic carbocycles. The molecule has 0 saturated carbocycles. The molecule has 0 radical (unpaired) electrons. The maximum Gasteiger partial charge on any atom is 0.490 e. The van der Waals surface area contributed by atoms with Crippen molar-refractivity contribution >= 4 is 23.2 Å². The van der Waals surface area contributed by atoms with Gasteiger partial charge >= 0.3 is 12.1 Å². The van der Waals surface area contributed by atoms with Crippen LogP contribution in [0.25, 0.3) is 0 Å². The highest BCUT2D eigenvalue weighted by Crippen LogP contribution is 2.42. The molecular formula is C19H18F4N2O5S. The number of ether oxygens (including phenoxy) is 2. The van der Waals surface area contributed by atoms with Crippen LogP contribution in [0.15, 0.2) is 35.2 Å². The Hall–Kier alpha value is -2.73. The van der Waals surface area contributed by atoms with E-state index in [0.29, 0.717) is 38.5 Å². The van der Waals surface area contributed by atoms with Crippen LogP contribution in [-0.2, 0) is 9.53 Å². The number of halogens is 4. The summed E-state index contributed by atoms with van der Waals surface area (Å²) in [6, 6.07) is 4.69. The number of hydrogen-bond acceptors (Lipinski definition) is 6. The Morgan fingerprint density at radius 1 is 1.39 bits per heavy atom. The van der Waals surface area contributed by atoms with Gasteiger partial charge in [-0.15, -0.1) is 0 Å². The van der Waals surface area contributed by atoms with E-state index >= 15 is 0 Å². The van der Waals surface area contributed by atoms with Gasteiger partial charge in [-0.3, -0.25) is 4.79 Å². The number of nitrogens with zero attached hydrogens (tertiary/aromatic N) is 2. The molecular weight excluding hydrogens is 444 g/mol. The van der Waals surface area contributed by atoms with E-state index in [9.17, 15) is 22.4 Å². The van der Waals surface area contributed by atoms with E-state index in [4.69, 9.17) is 19.4 Å². The SMILES string of the molecule is O=C(O)C(F)(F)F.O=C(c1ccsc1)N1C[C@@H]2COC[C@]2(COc2ncccc2F)C1. The molecule has 7 nitrogen and oxygen atoms in total. The highest BCUT2D eigenvalue weighted by atomic mass is 32.1. The second kappa shape index (κ2) is 9.18. The maximum atomic E-state index is 13.7. The van der Waals surface area contributed by atoms with Gasteiger partial charge in [-0.05, 0) is 23.6 Å². The lowest BCUT2D eigenvalue weighted by atomic mass is 9.82. The van der Waals surface area contributed by atoms with E-state index in [1.807, 2.05) is 21.7 Å². The summed E-state index contributed by atoms with van der Waals surface area (Å²) >= 11 is 1.51. The predicted molar refractivity (Wildman–Crippen MR) is 100 cm³/mol. The molecule has 12 heteroatoms. The number of amides is 1. The summed E-state index contributed by atoms with van der Waals surface area (Å²) in [4.78, 5) is 27.3. The van der Waals surface area contributed by atoms with Crippen molar-refractivity contribution in [3.63, 3.8) is 0 Å². The molecule has 168 valence electrons. The Morgan fingerprint density at radius 2 is 2.13 bits per heavy atom. The molecule has 0 aromatic carbocycles. The van der Waals surface area contributed by atoms with Gasteiger partial charge in [-0.1, -0.05) is 0 Å². The molecule has 2 aromatic rings. The van der Waals surface area contributed by atoms with Crippen LogP contribution in [0.5, 0.6) is 5.88 Å². The van der Waals surface area contributed by atoms with Gasteiger partial charge in [0.05, 0.1) is 30.8 Å². The normalized spacial score (nSPS) is 22.5. The smallest absolute Gasteiger partial charge is 0.475 e. The van der Waals surface area contributed by atoms with E-state index in [1.54, 1.807) is 0 Å². The molecule has 4 rings (SSSR count). The lowest BCUT2D eigenvalue weighted by molar-refractivity contribution is -0.192. The molecule has 0 spiro atoms. The van der Waals surface area contributed by atoms with E-state index < -0.39 is 18.0 Å². The fourth-order valence-corrected chi connectivity index (χ4v) is 4.08. The number of pyridine rings is 1. The van der Waals surface area contributed by atoms with Gasteiger partial charge in [-0.25, -0.2) is 14.2 Å². The zero-order chi connectivity index (χ0) is 22.6. The molecule has 2 aliphatic heterocycles. The van der Waals surface area contributed by atoms with Gasteiger partial charge in [0.2, 0.25) is 5.88 Å². The quantitative estimate of drug-likeness (QED) is 0.703. The Bertz CT molecular complexity index is 924. The van der Waals surface area contributed by atoms with E-state index in [-0.39, 0.29) is 23.1 Å². The van der Waals surface area contributed by atoms with Crippen LogP contribution < -0.4 is 4.74 Å². The van der Waals surface area contributed by atoms with Crippen molar-refractivity contribution in [1.82, 2.24) is 9.88 Å². The fraction of sp³-hybridized carbons (Fsp3) is 0.421. The molecule has 2 saturated heterocycles. The monoisotopic (exact) mass is 462 g/mol. The van der Waals surface area contributed by atoms with Crippen molar-refractivity contribution < 1.29 is 41.7 Å². The molecule has 2 fully saturated rings. The number of likely N-dealkylation sites (tertiary alicyclic amines) is 1. The van der Waals surface area contributed by atoms with E-state index in [2.05, 4.69) is 4.98 Å². The van der Waals surface area contributed by atoms with Gasteiger partial charge in [-0.2, -0.15) is 24.5 Å². The molecule has 2 aromatic heterocycles. The number of alkyl halides is 3. The summed E-state index contributed by atoms with van der Waals surface area (Å²) < 4.78 is 56.7. The summed E-state index contributed by atoms with van der Waals surface area (Å²) in [5.41, 5.74) is 0.420. The summed E-state index contributed by atoms with van der Waals surface area (Å²) in [7, 11) is 0. The number of hydrogen-bond donors (Lipinski definition) is 1. The topological polar surface area (TPSA) is 89.0 Å². The fourth-order valence-electron chi connectivity index (χ4n) is 3.45. The van der Waals surface area contributed by atoms with Gasteiger partial charge in [0.15, 0.2) is 5.82 Å². The number of aliphatic carboxylic acids is 1. The number of carboxylic acid groups (broad SMARTS) is 1. The maximum absolute atomic E-state index is 13.7. The van der Waals surface area contributed by atoms with Crippen molar-refractivity contribution in [3.8, 4) is 5.88 Å². The zero-order valence-electron chi connectivity index (χ0n) is 16.0. The van der Waals surface area contributed by atoms with E-state index in [1.165, 1.54) is 29.7 Å². The molecule has 4 heterocycles. The number of carbonyl (C=O) groups is 2. The first-order valence-corrected chi connectivity index (χ1v) is 9.99. The van der Waals surface area contributed by atoms with Crippen LogP contribution >= 0.6 is 11.3 Å². The van der Waals surface area contributed by atoms with Crippen molar-refractivity contribution in [2.45, 2.75) is 6.18 Å². The second-order valence-electron chi connectivity index (χ2n) is 7.15. The summed E-state index contributed by atoms with van der Waals surface area (Å²) in [5.74, 6) is -3.00. The zero-order valence-corrected chi connectivity index (χ0v) is 16.8. The van der Waals surface area contributed by atoms with Crippen LogP contribution in [0, 0.1) is 17.2 Å². The summed E-state index contributed by atoms with van der Waals surface area (Å²) in [5, 5.41) is 10.9. The number of rotatable bonds is 4. The minimum Gasteiger partial charge on any atom is -0.475 e. The Kier molecular flexibility index (Phi) is 6.80. The van der Waals surface area contributed by atoms with Crippen LogP contribution in [0.2, 0.25) is 0 Å². The molecule has 2 aliphatic rings. The highest BCUT2D eigenvalue weighted by Gasteiger charge is 2.52.